The summed E-state index contributed by atoms with van der Waals surface area (Å²) in [5.74, 6) is 0. The van der Waals surface area contributed by atoms with Crippen LogP contribution in [0.5, 0.6) is 0 Å². The summed E-state index contributed by atoms with van der Waals surface area (Å²) < 4.78 is 41.1. The summed E-state index contributed by atoms with van der Waals surface area (Å²) in [5, 5.41) is 0. The molecule has 1 aliphatic heterocycles. The lowest BCUT2D eigenvalue weighted by atomic mass is 10.1. The minimum Gasteiger partial charge on any atom is -0.369 e. The Morgan fingerprint density at radius 2 is 1.69 bits per heavy atom. The van der Waals surface area contributed by atoms with Crippen molar-refractivity contribution >= 4 is 5.69 Å². The van der Waals surface area contributed by atoms with Gasteiger partial charge in [-0.3, -0.25) is 19.1 Å². The van der Waals surface area contributed by atoms with Crippen molar-refractivity contribution in [1.29, 1.82) is 0 Å². The average Bonchev–Trinajstić information content (AvgIpc) is 2.62. The van der Waals surface area contributed by atoms with E-state index < -0.39 is 22.9 Å². The lowest BCUT2D eigenvalue weighted by Crippen LogP contribution is -2.49. The Hall–Kier alpha value is -2.55. The van der Waals surface area contributed by atoms with Gasteiger partial charge in [0, 0.05) is 51.3 Å². The normalized spacial score (nSPS) is 16.1. The van der Waals surface area contributed by atoms with Crippen molar-refractivity contribution in [2.45, 2.75) is 12.8 Å². The van der Waals surface area contributed by atoms with E-state index in [9.17, 15) is 22.8 Å². The molecule has 26 heavy (non-hydrogen) atoms. The van der Waals surface area contributed by atoms with E-state index in [1.807, 2.05) is 9.80 Å². The van der Waals surface area contributed by atoms with Crippen LogP contribution in [0.15, 0.2) is 46.2 Å². The summed E-state index contributed by atoms with van der Waals surface area (Å²) in [6.07, 6.45) is -1.27. The van der Waals surface area contributed by atoms with Crippen LogP contribution in [0.2, 0.25) is 0 Å². The molecule has 0 bridgehead atoms. The highest BCUT2D eigenvalue weighted by Gasteiger charge is 2.31. The highest BCUT2D eigenvalue weighted by Crippen LogP contribution is 2.31. The van der Waals surface area contributed by atoms with Gasteiger partial charge in [-0.1, -0.05) is 6.07 Å². The van der Waals surface area contributed by atoms with Crippen LogP contribution >= 0.6 is 0 Å². The van der Waals surface area contributed by atoms with Crippen molar-refractivity contribution < 1.29 is 13.2 Å². The predicted molar refractivity (Wildman–Crippen MR) is 91.2 cm³/mol. The van der Waals surface area contributed by atoms with Crippen molar-refractivity contribution in [3.05, 3.63) is 62.9 Å². The number of benzene rings is 1. The van der Waals surface area contributed by atoms with Crippen LogP contribution in [0.3, 0.4) is 0 Å². The molecular formula is C17H19F3N4O2. The highest BCUT2D eigenvalue weighted by atomic mass is 19.4. The third-order valence-electron chi connectivity index (χ3n) is 4.50. The minimum atomic E-state index is -4.36. The van der Waals surface area contributed by atoms with Gasteiger partial charge in [0.25, 0.3) is 0 Å². The maximum Gasteiger partial charge on any atom is 0.416 e. The number of nitrogens with zero attached hydrogens (tertiary/aromatic N) is 4. The second-order valence-electron chi connectivity index (χ2n) is 6.28. The SMILES string of the molecule is Cn1ccn(CN2CCN(c3cccc(C(F)(F)F)c3)CC2)c(=O)c1=O. The molecule has 9 heteroatoms. The van der Waals surface area contributed by atoms with E-state index in [-0.39, 0.29) is 6.67 Å². The smallest absolute Gasteiger partial charge is 0.369 e. The van der Waals surface area contributed by atoms with E-state index in [4.69, 9.17) is 0 Å². The molecule has 3 rings (SSSR count). The molecule has 1 aliphatic rings. The van der Waals surface area contributed by atoms with E-state index in [0.717, 1.165) is 12.1 Å². The fourth-order valence-corrected chi connectivity index (χ4v) is 2.94. The molecule has 1 saturated heterocycles. The molecule has 0 spiro atoms. The molecule has 2 aromatic rings. The van der Waals surface area contributed by atoms with Crippen LogP contribution in [0.25, 0.3) is 0 Å². The number of alkyl halides is 3. The Morgan fingerprint density at radius 1 is 1.00 bits per heavy atom. The van der Waals surface area contributed by atoms with Gasteiger partial charge in [-0.2, -0.15) is 13.2 Å². The maximum atomic E-state index is 12.9. The number of piperazine rings is 1. The molecule has 0 radical (unpaired) electrons. The van der Waals surface area contributed by atoms with Crippen molar-refractivity contribution in [2.24, 2.45) is 7.05 Å². The number of anilines is 1. The van der Waals surface area contributed by atoms with Gasteiger partial charge >= 0.3 is 17.3 Å². The maximum absolute atomic E-state index is 12.9. The topological polar surface area (TPSA) is 50.5 Å². The lowest BCUT2D eigenvalue weighted by Gasteiger charge is -2.36. The zero-order chi connectivity index (χ0) is 18.9. The monoisotopic (exact) mass is 368 g/mol. The number of halogens is 3. The van der Waals surface area contributed by atoms with Crippen LogP contribution in [-0.2, 0) is 19.9 Å². The average molecular weight is 368 g/mol. The van der Waals surface area contributed by atoms with E-state index in [0.29, 0.717) is 31.9 Å². The third kappa shape index (κ3) is 3.82. The van der Waals surface area contributed by atoms with E-state index in [1.54, 1.807) is 12.3 Å². The van der Waals surface area contributed by atoms with Gasteiger partial charge in [0.05, 0.1) is 12.2 Å². The molecule has 0 N–H and O–H groups in total. The highest BCUT2D eigenvalue weighted by molar-refractivity contribution is 5.49. The molecule has 2 heterocycles. The van der Waals surface area contributed by atoms with Crippen molar-refractivity contribution in [3.63, 3.8) is 0 Å². The summed E-state index contributed by atoms with van der Waals surface area (Å²) in [7, 11) is 1.52. The first-order chi connectivity index (χ1) is 12.3. The number of hydrogen-bond acceptors (Lipinski definition) is 4. The molecular weight excluding hydrogens is 349 g/mol. The van der Waals surface area contributed by atoms with Gasteiger partial charge in [0.1, 0.15) is 0 Å². The first-order valence-corrected chi connectivity index (χ1v) is 8.16. The third-order valence-corrected chi connectivity index (χ3v) is 4.50. The Labute approximate surface area is 147 Å². The molecule has 0 saturated carbocycles. The quantitative estimate of drug-likeness (QED) is 0.768. The standard InChI is InChI=1S/C17H19F3N4O2/c1-21-5-8-24(16(26)15(21)25)12-22-6-9-23(10-7-22)14-4-2-3-13(11-14)17(18,19)20/h2-5,8,11H,6-7,9-10,12H2,1H3. The number of aryl methyl sites for hydroxylation is 1. The second kappa shape index (κ2) is 6.99. The molecule has 0 unspecified atom stereocenters. The Bertz CT molecular complexity index is 896. The molecule has 1 aromatic carbocycles. The first kappa shape index (κ1) is 18.2. The van der Waals surface area contributed by atoms with Gasteiger partial charge in [-0.25, -0.2) is 0 Å². The van der Waals surface area contributed by atoms with Crippen LogP contribution in [-0.4, -0.2) is 40.2 Å². The number of rotatable bonds is 3. The largest absolute Gasteiger partial charge is 0.416 e. The summed E-state index contributed by atoms with van der Waals surface area (Å²) in [6.45, 7) is 2.53. The molecule has 0 aliphatic carbocycles. The van der Waals surface area contributed by atoms with Crippen LogP contribution in [0, 0.1) is 0 Å². The van der Waals surface area contributed by atoms with Crippen molar-refractivity contribution in [1.82, 2.24) is 14.0 Å². The molecule has 1 aromatic heterocycles. The molecule has 6 nitrogen and oxygen atoms in total. The zero-order valence-corrected chi connectivity index (χ0v) is 14.2. The van der Waals surface area contributed by atoms with Gasteiger partial charge in [0.15, 0.2) is 0 Å². The molecule has 0 amide bonds. The Kier molecular flexibility index (Phi) is 4.90. The summed E-state index contributed by atoms with van der Waals surface area (Å²) in [5.41, 5.74) is -1.31. The Morgan fingerprint density at radius 3 is 2.35 bits per heavy atom. The summed E-state index contributed by atoms with van der Waals surface area (Å²) in [4.78, 5) is 27.5. The fourth-order valence-electron chi connectivity index (χ4n) is 2.94. The van der Waals surface area contributed by atoms with E-state index >= 15 is 0 Å². The van der Waals surface area contributed by atoms with Crippen molar-refractivity contribution in [3.8, 4) is 0 Å². The zero-order valence-electron chi connectivity index (χ0n) is 14.2. The summed E-state index contributed by atoms with van der Waals surface area (Å²) in [6, 6.07) is 5.28. The lowest BCUT2D eigenvalue weighted by molar-refractivity contribution is -0.137. The van der Waals surface area contributed by atoms with Crippen molar-refractivity contribution in [2.75, 3.05) is 31.1 Å². The first-order valence-electron chi connectivity index (χ1n) is 8.16. The predicted octanol–water partition coefficient (Wildman–Crippen LogP) is 1.35. The van der Waals surface area contributed by atoms with E-state index in [2.05, 4.69) is 0 Å². The van der Waals surface area contributed by atoms with Gasteiger partial charge in [-0.15, -0.1) is 0 Å². The van der Waals surface area contributed by atoms with Crippen LogP contribution in [0.4, 0.5) is 18.9 Å². The second-order valence-corrected chi connectivity index (χ2v) is 6.28. The minimum absolute atomic E-state index is 0.283. The van der Waals surface area contributed by atoms with E-state index in [1.165, 1.54) is 28.4 Å². The van der Waals surface area contributed by atoms with Gasteiger partial charge in [0.2, 0.25) is 0 Å². The van der Waals surface area contributed by atoms with Crippen LogP contribution in [0.1, 0.15) is 5.56 Å². The molecule has 1 fully saturated rings. The number of aromatic nitrogens is 2. The summed E-state index contributed by atoms with van der Waals surface area (Å²) >= 11 is 0. The van der Waals surface area contributed by atoms with Gasteiger partial charge < -0.3 is 9.47 Å². The fraction of sp³-hybridized carbons (Fsp3) is 0.412. The van der Waals surface area contributed by atoms with Crippen LogP contribution < -0.4 is 16.0 Å². The van der Waals surface area contributed by atoms with Gasteiger partial charge in [-0.05, 0) is 18.2 Å². The molecule has 0 atom stereocenters. The molecule has 140 valence electrons. The number of hydrogen-bond donors (Lipinski definition) is 0. The Balaban J connectivity index is 1.66.